The molecule has 0 saturated carbocycles. The summed E-state index contributed by atoms with van der Waals surface area (Å²) >= 11 is 0. The van der Waals surface area contributed by atoms with Crippen LogP contribution in [0.1, 0.15) is 28.4 Å². The summed E-state index contributed by atoms with van der Waals surface area (Å²) in [4.78, 5) is 11.8. The van der Waals surface area contributed by atoms with Crippen LogP contribution in [0.3, 0.4) is 0 Å². The van der Waals surface area contributed by atoms with Gasteiger partial charge in [-0.15, -0.1) is 0 Å². The van der Waals surface area contributed by atoms with Crippen LogP contribution in [0.5, 0.6) is 11.5 Å². The molecule has 0 aliphatic carbocycles. The van der Waals surface area contributed by atoms with E-state index in [9.17, 15) is 4.79 Å². The van der Waals surface area contributed by atoms with Crippen LogP contribution in [0.15, 0.2) is 42.5 Å². The number of rotatable bonds is 4. The molecular weight excluding hydrogens is 294 g/mol. The minimum Gasteiger partial charge on any atom is -0.495 e. The van der Waals surface area contributed by atoms with Crippen LogP contribution >= 0.6 is 0 Å². The van der Waals surface area contributed by atoms with E-state index in [-0.39, 0.29) is 12.0 Å². The van der Waals surface area contributed by atoms with Crippen molar-refractivity contribution in [1.82, 2.24) is 0 Å². The smallest absolute Gasteiger partial charge is 0.337 e. The molecule has 0 amide bonds. The standard InChI is InChI=1S/C18H19NO4/c1-21-17-6-4-3-5-15(17)19-14-9-10-23-16-8-7-12(11-13(14)16)18(20)22-2/h3-8,11,14,19H,9-10H2,1-2H3. The van der Waals surface area contributed by atoms with E-state index in [0.29, 0.717) is 12.2 Å². The Hall–Kier alpha value is -2.69. The molecule has 1 aliphatic rings. The molecule has 120 valence electrons. The molecule has 0 aromatic heterocycles. The van der Waals surface area contributed by atoms with Crippen LogP contribution in [0.25, 0.3) is 0 Å². The first-order chi connectivity index (χ1) is 11.2. The summed E-state index contributed by atoms with van der Waals surface area (Å²) in [7, 11) is 3.02. The maximum atomic E-state index is 11.8. The van der Waals surface area contributed by atoms with Crippen LogP contribution < -0.4 is 14.8 Å². The highest BCUT2D eigenvalue weighted by Gasteiger charge is 2.23. The Morgan fingerprint density at radius 3 is 2.83 bits per heavy atom. The Morgan fingerprint density at radius 1 is 1.22 bits per heavy atom. The van der Waals surface area contributed by atoms with Gasteiger partial charge in [0.15, 0.2) is 0 Å². The second-order valence-corrected chi connectivity index (χ2v) is 5.28. The lowest BCUT2D eigenvalue weighted by atomic mass is 9.97. The molecule has 0 bridgehead atoms. The van der Waals surface area contributed by atoms with Crippen molar-refractivity contribution >= 4 is 11.7 Å². The monoisotopic (exact) mass is 313 g/mol. The second kappa shape index (κ2) is 6.60. The van der Waals surface area contributed by atoms with Crippen LogP contribution in [0.4, 0.5) is 5.69 Å². The topological polar surface area (TPSA) is 56.8 Å². The largest absolute Gasteiger partial charge is 0.495 e. The van der Waals surface area contributed by atoms with Crippen molar-refractivity contribution < 1.29 is 19.0 Å². The summed E-state index contributed by atoms with van der Waals surface area (Å²) in [6, 6.07) is 13.2. The van der Waals surface area contributed by atoms with Gasteiger partial charge in [0.25, 0.3) is 0 Å². The van der Waals surface area contributed by atoms with Crippen molar-refractivity contribution in [2.75, 3.05) is 26.1 Å². The van der Waals surface area contributed by atoms with Crippen LogP contribution in [0.2, 0.25) is 0 Å². The molecule has 0 fully saturated rings. The summed E-state index contributed by atoms with van der Waals surface area (Å²) in [6.07, 6.45) is 0.801. The van der Waals surface area contributed by atoms with Gasteiger partial charge >= 0.3 is 5.97 Å². The van der Waals surface area contributed by atoms with E-state index >= 15 is 0 Å². The first kappa shape index (κ1) is 15.2. The van der Waals surface area contributed by atoms with Gasteiger partial charge in [0, 0.05) is 12.0 Å². The average molecular weight is 313 g/mol. The van der Waals surface area contributed by atoms with Gasteiger partial charge in [0.2, 0.25) is 0 Å². The van der Waals surface area contributed by atoms with Gasteiger partial charge in [-0.1, -0.05) is 12.1 Å². The van der Waals surface area contributed by atoms with Gasteiger partial charge in [-0.05, 0) is 30.3 Å². The van der Waals surface area contributed by atoms with E-state index in [1.165, 1.54) is 7.11 Å². The SMILES string of the molecule is COC(=O)c1ccc2c(c1)C(Nc1ccccc1OC)CCO2. The van der Waals surface area contributed by atoms with E-state index in [4.69, 9.17) is 14.2 Å². The van der Waals surface area contributed by atoms with Gasteiger partial charge in [-0.25, -0.2) is 4.79 Å². The zero-order valence-corrected chi connectivity index (χ0v) is 13.2. The Morgan fingerprint density at radius 2 is 2.04 bits per heavy atom. The number of carbonyl (C=O) groups is 1. The van der Waals surface area contributed by atoms with Gasteiger partial charge in [-0.2, -0.15) is 0 Å². The summed E-state index contributed by atoms with van der Waals surface area (Å²) in [5.41, 5.74) is 2.38. The van der Waals surface area contributed by atoms with Crippen LogP contribution in [0, 0.1) is 0 Å². The summed E-state index contributed by atoms with van der Waals surface area (Å²) in [5.74, 6) is 1.22. The second-order valence-electron chi connectivity index (χ2n) is 5.28. The molecule has 1 aliphatic heterocycles. The minimum atomic E-state index is -0.352. The number of ether oxygens (including phenoxy) is 3. The van der Waals surface area contributed by atoms with Gasteiger partial charge in [-0.3, -0.25) is 0 Å². The molecule has 2 aromatic carbocycles. The molecule has 0 saturated heterocycles. The number of nitrogens with one attached hydrogen (secondary N) is 1. The molecule has 1 N–H and O–H groups in total. The number of carbonyl (C=O) groups excluding carboxylic acids is 1. The summed E-state index contributed by atoms with van der Waals surface area (Å²) in [5, 5.41) is 3.48. The van der Waals surface area contributed by atoms with E-state index < -0.39 is 0 Å². The summed E-state index contributed by atoms with van der Waals surface area (Å²) in [6.45, 7) is 0.622. The molecule has 1 heterocycles. The Kier molecular flexibility index (Phi) is 4.37. The lowest BCUT2D eigenvalue weighted by Gasteiger charge is -2.28. The third-order valence-electron chi connectivity index (χ3n) is 3.91. The van der Waals surface area contributed by atoms with Gasteiger partial charge < -0.3 is 19.5 Å². The maximum Gasteiger partial charge on any atom is 0.337 e. The fourth-order valence-corrected chi connectivity index (χ4v) is 2.74. The third kappa shape index (κ3) is 3.08. The first-order valence-electron chi connectivity index (χ1n) is 7.47. The minimum absolute atomic E-state index is 0.0413. The lowest BCUT2D eigenvalue weighted by molar-refractivity contribution is 0.0600. The van der Waals surface area contributed by atoms with Crippen molar-refractivity contribution in [3.8, 4) is 11.5 Å². The van der Waals surface area contributed by atoms with E-state index in [1.807, 2.05) is 36.4 Å². The molecule has 2 aromatic rings. The Balaban J connectivity index is 1.92. The number of hydrogen-bond acceptors (Lipinski definition) is 5. The van der Waals surface area contributed by atoms with E-state index in [0.717, 1.165) is 29.2 Å². The van der Waals surface area contributed by atoms with Gasteiger partial charge in [0.05, 0.1) is 38.1 Å². The predicted molar refractivity (Wildman–Crippen MR) is 87.3 cm³/mol. The molecule has 1 unspecified atom stereocenters. The quantitative estimate of drug-likeness (QED) is 0.877. The molecule has 0 radical (unpaired) electrons. The molecule has 3 rings (SSSR count). The van der Waals surface area contributed by atoms with Crippen molar-refractivity contribution in [2.45, 2.75) is 12.5 Å². The zero-order valence-electron chi connectivity index (χ0n) is 13.2. The number of fused-ring (bicyclic) bond motifs is 1. The van der Waals surface area contributed by atoms with Crippen molar-refractivity contribution in [3.05, 3.63) is 53.6 Å². The molecule has 5 heteroatoms. The van der Waals surface area contributed by atoms with Crippen LogP contribution in [-0.4, -0.2) is 26.8 Å². The Labute approximate surface area is 135 Å². The molecule has 0 spiro atoms. The van der Waals surface area contributed by atoms with Gasteiger partial charge in [0.1, 0.15) is 11.5 Å². The lowest BCUT2D eigenvalue weighted by Crippen LogP contribution is -2.21. The molecule has 23 heavy (non-hydrogen) atoms. The number of anilines is 1. The fourth-order valence-electron chi connectivity index (χ4n) is 2.74. The number of hydrogen-bond donors (Lipinski definition) is 1. The predicted octanol–water partition coefficient (Wildman–Crippen LogP) is 3.42. The summed E-state index contributed by atoms with van der Waals surface area (Å²) < 4.78 is 15.9. The number of methoxy groups -OCH3 is 2. The molecule has 1 atom stereocenters. The van der Waals surface area contributed by atoms with Crippen LogP contribution in [-0.2, 0) is 4.74 Å². The van der Waals surface area contributed by atoms with Crippen molar-refractivity contribution in [3.63, 3.8) is 0 Å². The third-order valence-corrected chi connectivity index (χ3v) is 3.91. The number of para-hydroxylation sites is 2. The van der Waals surface area contributed by atoms with Crippen molar-refractivity contribution in [1.29, 1.82) is 0 Å². The number of esters is 1. The Bertz CT molecular complexity index is 714. The highest BCUT2D eigenvalue weighted by molar-refractivity contribution is 5.89. The van der Waals surface area contributed by atoms with Crippen molar-refractivity contribution in [2.24, 2.45) is 0 Å². The maximum absolute atomic E-state index is 11.8. The average Bonchev–Trinajstić information content (AvgIpc) is 2.61. The highest BCUT2D eigenvalue weighted by atomic mass is 16.5. The number of benzene rings is 2. The first-order valence-corrected chi connectivity index (χ1v) is 7.47. The molecular formula is C18H19NO4. The fraction of sp³-hybridized carbons (Fsp3) is 0.278. The zero-order chi connectivity index (χ0) is 16.2. The normalized spacial score (nSPS) is 16.0. The molecule has 5 nitrogen and oxygen atoms in total. The highest BCUT2D eigenvalue weighted by Crippen LogP contribution is 2.37. The van der Waals surface area contributed by atoms with E-state index in [2.05, 4.69) is 5.32 Å². The van der Waals surface area contributed by atoms with E-state index in [1.54, 1.807) is 13.2 Å².